The number of aromatic nitrogens is 5. The van der Waals surface area contributed by atoms with E-state index in [-0.39, 0.29) is 23.6 Å². The number of ether oxygens (including phenoxy) is 3. The van der Waals surface area contributed by atoms with E-state index in [1.54, 1.807) is 50.2 Å². The maximum absolute atomic E-state index is 13.6. The standard InChI is InChI=1S/C25H33N5O5S/c1-15-12-26-24(27-13-15)16(2)18(4)36(31,32)14-22-28-29-25(19-10-11-35-17(19)3)30(22)23-20(33-5)8-7-9-21(23)34-6/h7-9,12-13,16-19H,10-11,14H2,1-6H3/t16-,17+,18-,19+/m0/s1. The number of aryl methyl sites for hydroxylation is 1. The lowest BCUT2D eigenvalue weighted by atomic mass is 10.0. The Labute approximate surface area is 212 Å². The summed E-state index contributed by atoms with van der Waals surface area (Å²) in [6.07, 6.45) is 4.05. The van der Waals surface area contributed by atoms with Crippen molar-refractivity contribution in [3.05, 3.63) is 53.6 Å². The number of hydrogen-bond donors (Lipinski definition) is 0. The number of sulfone groups is 1. The van der Waals surface area contributed by atoms with Gasteiger partial charge in [0.25, 0.3) is 0 Å². The van der Waals surface area contributed by atoms with Gasteiger partial charge in [-0.25, -0.2) is 18.4 Å². The maximum Gasteiger partial charge on any atom is 0.160 e. The molecule has 0 bridgehead atoms. The summed E-state index contributed by atoms with van der Waals surface area (Å²) in [4.78, 5) is 8.68. The first kappa shape index (κ1) is 26.0. The van der Waals surface area contributed by atoms with Gasteiger partial charge in [0.15, 0.2) is 15.7 Å². The lowest BCUT2D eigenvalue weighted by Gasteiger charge is -2.22. The quantitative estimate of drug-likeness (QED) is 0.422. The normalized spacial score (nSPS) is 19.7. The topological polar surface area (TPSA) is 118 Å². The Bertz CT molecular complexity index is 1290. The van der Waals surface area contributed by atoms with Crippen molar-refractivity contribution in [1.82, 2.24) is 24.7 Å². The Morgan fingerprint density at radius 1 is 1.11 bits per heavy atom. The molecule has 2 aromatic heterocycles. The lowest BCUT2D eigenvalue weighted by Crippen LogP contribution is -2.28. The van der Waals surface area contributed by atoms with Crippen LogP contribution in [-0.4, -0.2) is 65.3 Å². The van der Waals surface area contributed by atoms with Crippen molar-refractivity contribution in [2.75, 3.05) is 20.8 Å². The Hall–Kier alpha value is -3.05. The van der Waals surface area contributed by atoms with Gasteiger partial charge in [0.2, 0.25) is 0 Å². The fourth-order valence-corrected chi connectivity index (χ4v) is 6.05. The fourth-order valence-electron chi connectivity index (χ4n) is 4.50. The summed E-state index contributed by atoms with van der Waals surface area (Å²) in [5, 5.41) is 8.09. The van der Waals surface area contributed by atoms with E-state index in [4.69, 9.17) is 14.2 Å². The van der Waals surface area contributed by atoms with Crippen molar-refractivity contribution < 1.29 is 22.6 Å². The molecule has 0 radical (unpaired) electrons. The Balaban J connectivity index is 1.78. The summed E-state index contributed by atoms with van der Waals surface area (Å²) in [6, 6.07) is 5.41. The number of nitrogens with zero attached hydrogens (tertiary/aromatic N) is 5. The van der Waals surface area contributed by atoms with Crippen LogP contribution in [0.5, 0.6) is 11.5 Å². The third-order valence-electron chi connectivity index (χ3n) is 6.90. The van der Waals surface area contributed by atoms with Gasteiger partial charge in [-0.1, -0.05) is 13.0 Å². The van der Waals surface area contributed by atoms with Crippen LogP contribution in [0.3, 0.4) is 0 Å². The third-order valence-corrected chi connectivity index (χ3v) is 9.10. The van der Waals surface area contributed by atoms with E-state index in [2.05, 4.69) is 20.2 Å². The lowest BCUT2D eigenvalue weighted by molar-refractivity contribution is 0.117. The molecule has 4 atom stereocenters. The highest BCUT2D eigenvalue weighted by molar-refractivity contribution is 7.91. The molecule has 1 aromatic carbocycles. The van der Waals surface area contributed by atoms with Gasteiger partial charge in [-0.3, -0.25) is 4.57 Å². The molecule has 0 aliphatic carbocycles. The van der Waals surface area contributed by atoms with Crippen LogP contribution in [0.25, 0.3) is 5.69 Å². The van der Waals surface area contributed by atoms with Gasteiger partial charge < -0.3 is 14.2 Å². The van der Waals surface area contributed by atoms with Crippen molar-refractivity contribution in [1.29, 1.82) is 0 Å². The van der Waals surface area contributed by atoms with Crippen molar-refractivity contribution >= 4 is 9.84 Å². The molecule has 36 heavy (non-hydrogen) atoms. The average Bonchev–Trinajstić information content (AvgIpc) is 3.47. The fraction of sp³-hybridized carbons (Fsp3) is 0.520. The molecule has 11 heteroatoms. The van der Waals surface area contributed by atoms with Gasteiger partial charge in [-0.15, -0.1) is 10.2 Å². The molecule has 1 fully saturated rings. The summed E-state index contributed by atoms with van der Waals surface area (Å²) in [7, 11) is -0.559. The second-order valence-corrected chi connectivity index (χ2v) is 11.6. The zero-order valence-electron chi connectivity index (χ0n) is 21.5. The largest absolute Gasteiger partial charge is 0.494 e. The first-order valence-corrected chi connectivity index (χ1v) is 13.7. The molecule has 0 spiro atoms. The highest BCUT2D eigenvalue weighted by Gasteiger charge is 2.36. The minimum Gasteiger partial charge on any atom is -0.494 e. The summed E-state index contributed by atoms with van der Waals surface area (Å²) in [6.45, 7) is 7.98. The van der Waals surface area contributed by atoms with Gasteiger partial charge in [0.05, 0.1) is 25.6 Å². The van der Waals surface area contributed by atoms with E-state index in [1.807, 2.05) is 26.8 Å². The number of para-hydroxylation sites is 1. The van der Waals surface area contributed by atoms with Crippen molar-refractivity contribution in [2.45, 2.75) is 63.1 Å². The second kappa shape index (κ2) is 10.5. The molecule has 0 saturated carbocycles. The smallest absolute Gasteiger partial charge is 0.160 e. The van der Waals surface area contributed by atoms with Crippen LogP contribution >= 0.6 is 0 Å². The SMILES string of the molecule is COc1cccc(OC)c1-n1c(CS(=O)(=O)[C@@H](C)[C@H](C)c2ncc(C)cn2)nnc1[C@@H]1CCO[C@@H]1C. The number of benzene rings is 1. The van der Waals surface area contributed by atoms with Crippen LogP contribution in [0.4, 0.5) is 0 Å². The summed E-state index contributed by atoms with van der Waals surface area (Å²) in [5.41, 5.74) is 1.48. The second-order valence-electron chi connectivity index (χ2n) is 9.21. The van der Waals surface area contributed by atoms with E-state index in [0.29, 0.717) is 35.4 Å². The first-order chi connectivity index (χ1) is 17.2. The molecule has 0 N–H and O–H groups in total. The molecule has 4 rings (SSSR count). The van der Waals surface area contributed by atoms with Crippen molar-refractivity contribution in [3.63, 3.8) is 0 Å². The maximum atomic E-state index is 13.6. The molecular formula is C25H33N5O5S. The van der Waals surface area contributed by atoms with Gasteiger partial charge >= 0.3 is 0 Å². The van der Waals surface area contributed by atoms with Crippen molar-refractivity contribution in [2.24, 2.45) is 0 Å². The van der Waals surface area contributed by atoms with Crippen LogP contribution in [0.1, 0.15) is 62.1 Å². The number of methoxy groups -OCH3 is 2. The summed E-state index contributed by atoms with van der Waals surface area (Å²) >= 11 is 0. The van der Waals surface area contributed by atoms with E-state index < -0.39 is 21.0 Å². The zero-order chi connectivity index (χ0) is 26.0. The molecule has 3 heterocycles. The Kier molecular flexibility index (Phi) is 7.60. The highest BCUT2D eigenvalue weighted by Crippen LogP contribution is 2.39. The Morgan fingerprint density at radius 2 is 1.75 bits per heavy atom. The molecule has 3 aromatic rings. The van der Waals surface area contributed by atoms with E-state index >= 15 is 0 Å². The monoisotopic (exact) mass is 515 g/mol. The molecule has 1 saturated heterocycles. The van der Waals surface area contributed by atoms with E-state index in [1.165, 1.54) is 0 Å². The minimum atomic E-state index is -3.68. The van der Waals surface area contributed by atoms with Gasteiger partial charge in [0, 0.05) is 30.8 Å². The van der Waals surface area contributed by atoms with Crippen LogP contribution < -0.4 is 9.47 Å². The van der Waals surface area contributed by atoms with Crippen LogP contribution in [0, 0.1) is 6.92 Å². The number of hydrogen-bond acceptors (Lipinski definition) is 9. The first-order valence-electron chi connectivity index (χ1n) is 11.9. The van der Waals surface area contributed by atoms with Crippen LogP contribution in [0.15, 0.2) is 30.6 Å². The zero-order valence-corrected chi connectivity index (χ0v) is 22.3. The van der Waals surface area contributed by atoms with Gasteiger partial charge in [-0.2, -0.15) is 0 Å². The summed E-state index contributed by atoms with van der Waals surface area (Å²) in [5.74, 6) is 1.66. The molecule has 0 amide bonds. The van der Waals surface area contributed by atoms with E-state index in [0.717, 1.165) is 12.0 Å². The predicted octanol–water partition coefficient (Wildman–Crippen LogP) is 3.38. The van der Waals surface area contributed by atoms with Crippen LogP contribution in [0.2, 0.25) is 0 Å². The predicted molar refractivity (Wildman–Crippen MR) is 135 cm³/mol. The molecule has 10 nitrogen and oxygen atoms in total. The van der Waals surface area contributed by atoms with Crippen LogP contribution in [-0.2, 0) is 20.3 Å². The average molecular weight is 516 g/mol. The molecule has 1 aliphatic heterocycles. The molecule has 1 aliphatic rings. The van der Waals surface area contributed by atoms with Crippen molar-refractivity contribution in [3.8, 4) is 17.2 Å². The highest BCUT2D eigenvalue weighted by atomic mass is 32.2. The van der Waals surface area contributed by atoms with Gasteiger partial charge in [0.1, 0.15) is 34.6 Å². The Morgan fingerprint density at radius 3 is 2.31 bits per heavy atom. The minimum absolute atomic E-state index is 0.0547. The molecular weight excluding hydrogens is 482 g/mol. The molecule has 194 valence electrons. The third kappa shape index (κ3) is 4.94. The van der Waals surface area contributed by atoms with Gasteiger partial charge in [-0.05, 0) is 44.9 Å². The molecule has 0 unspecified atom stereocenters. The number of rotatable bonds is 9. The van der Waals surface area contributed by atoms with E-state index in [9.17, 15) is 8.42 Å². The summed E-state index contributed by atoms with van der Waals surface area (Å²) < 4.78 is 46.1.